The van der Waals surface area contributed by atoms with E-state index in [2.05, 4.69) is 15.3 Å². The van der Waals surface area contributed by atoms with Gasteiger partial charge in [-0.25, -0.2) is 8.78 Å². The molecule has 1 amide bonds. The average molecular weight is 350 g/mol. The molecule has 8 nitrogen and oxygen atoms in total. The lowest BCUT2D eigenvalue weighted by atomic mass is 10.1. The van der Waals surface area contributed by atoms with E-state index in [4.69, 9.17) is 19.5 Å². The fraction of sp³-hybridized carbons (Fsp3) is 0.200. The zero-order chi connectivity index (χ0) is 18.1. The van der Waals surface area contributed by atoms with Crippen molar-refractivity contribution in [1.29, 1.82) is 0 Å². The van der Waals surface area contributed by atoms with E-state index in [1.807, 2.05) is 0 Å². The van der Waals surface area contributed by atoms with Gasteiger partial charge in [0, 0.05) is 0 Å². The molecule has 0 aliphatic carbocycles. The summed E-state index contributed by atoms with van der Waals surface area (Å²) in [7, 11) is 0. The number of nitrogens with zero attached hydrogens (tertiary/aromatic N) is 3. The van der Waals surface area contributed by atoms with E-state index in [1.165, 1.54) is 0 Å². The summed E-state index contributed by atoms with van der Waals surface area (Å²) in [5.74, 6) is -3.07. The number of ether oxygens (including phenoxy) is 1. The summed E-state index contributed by atoms with van der Waals surface area (Å²) in [4.78, 5) is 15.2. The summed E-state index contributed by atoms with van der Waals surface area (Å²) >= 11 is 0. The lowest BCUT2D eigenvalue weighted by Crippen LogP contribution is -2.16. The summed E-state index contributed by atoms with van der Waals surface area (Å²) in [6.45, 7) is 3.13. The first-order valence-corrected chi connectivity index (χ1v) is 7.05. The molecule has 2 aromatic heterocycles. The van der Waals surface area contributed by atoms with Gasteiger partial charge in [0.2, 0.25) is 5.82 Å². The van der Waals surface area contributed by atoms with Crippen molar-refractivity contribution < 1.29 is 27.4 Å². The number of hydrogen-bond acceptors (Lipinski definition) is 7. The van der Waals surface area contributed by atoms with E-state index >= 15 is 0 Å². The van der Waals surface area contributed by atoms with Gasteiger partial charge in [-0.05, 0) is 26.0 Å². The molecule has 0 saturated carbocycles. The van der Waals surface area contributed by atoms with Gasteiger partial charge in [-0.3, -0.25) is 4.79 Å². The normalized spacial score (nSPS) is 10.9. The standard InChI is InChI=1S/C15H12F2N4O4/c1-6-11(7(2)24-20-6)15-19-10(21-25-15)5-23-9-4-3-8(16)12(13(9)17)14(18)22/h3-4H,5H2,1-2H3,(H2,18,22). The van der Waals surface area contributed by atoms with Crippen LogP contribution in [0.25, 0.3) is 11.5 Å². The van der Waals surface area contributed by atoms with E-state index in [1.54, 1.807) is 13.8 Å². The largest absolute Gasteiger partial charge is 0.482 e. The number of rotatable bonds is 5. The van der Waals surface area contributed by atoms with Crippen LogP contribution in [-0.4, -0.2) is 21.2 Å². The molecular weight excluding hydrogens is 338 g/mol. The Morgan fingerprint density at radius 2 is 2.00 bits per heavy atom. The second-order valence-electron chi connectivity index (χ2n) is 5.10. The fourth-order valence-corrected chi connectivity index (χ4v) is 2.22. The van der Waals surface area contributed by atoms with Crippen LogP contribution in [0.5, 0.6) is 5.75 Å². The van der Waals surface area contributed by atoms with E-state index in [0.717, 1.165) is 12.1 Å². The Balaban J connectivity index is 1.80. The molecule has 0 spiro atoms. The van der Waals surface area contributed by atoms with Crippen LogP contribution in [0.1, 0.15) is 27.6 Å². The minimum atomic E-state index is -1.24. The number of amides is 1. The fourth-order valence-electron chi connectivity index (χ4n) is 2.22. The smallest absolute Gasteiger partial charge is 0.263 e. The van der Waals surface area contributed by atoms with Crippen molar-refractivity contribution in [3.05, 3.63) is 46.6 Å². The van der Waals surface area contributed by atoms with Gasteiger partial charge >= 0.3 is 0 Å². The molecule has 25 heavy (non-hydrogen) atoms. The van der Waals surface area contributed by atoms with Crippen LogP contribution < -0.4 is 10.5 Å². The minimum Gasteiger partial charge on any atom is -0.482 e. The number of aryl methyl sites for hydroxylation is 2. The molecule has 0 aliphatic rings. The van der Waals surface area contributed by atoms with Gasteiger partial charge in [-0.1, -0.05) is 10.3 Å². The zero-order valence-corrected chi connectivity index (χ0v) is 13.2. The lowest BCUT2D eigenvalue weighted by Gasteiger charge is -2.07. The van der Waals surface area contributed by atoms with E-state index in [9.17, 15) is 13.6 Å². The van der Waals surface area contributed by atoms with Gasteiger partial charge in [0.05, 0.1) is 5.69 Å². The van der Waals surface area contributed by atoms with Crippen molar-refractivity contribution in [3.63, 3.8) is 0 Å². The molecule has 2 heterocycles. The van der Waals surface area contributed by atoms with Crippen LogP contribution in [0.4, 0.5) is 8.78 Å². The molecule has 2 N–H and O–H groups in total. The van der Waals surface area contributed by atoms with Gasteiger partial charge in [-0.15, -0.1) is 0 Å². The quantitative estimate of drug-likeness (QED) is 0.750. The van der Waals surface area contributed by atoms with E-state index < -0.39 is 23.1 Å². The number of benzene rings is 1. The van der Waals surface area contributed by atoms with Gasteiger partial charge in [0.15, 0.2) is 18.2 Å². The lowest BCUT2D eigenvalue weighted by molar-refractivity contribution is 0.0991. The molecule has 0 saturated heterocycles. The van der Waals surface area contributed by atoms with Crippen LogP contribution in [0.3, 0.4) is 0 Å². The summed E-state index contributed by atoms with van der Waals surface area (Å²) in [6.07, 6.45) is 0. The number of carbonyl (C=O) groups is 1. The van der Waals surface area contributed by atoms with Gasteiger partial charge in [-0.2, -0.15) is 4.98 Å². The molecule has 0 bridgehead atoms. The third-order valence-electron chi connectivity index (χ3n) is 3.37. The summed E-state index contributed by atoms with van der Waals surface area (Å²) in [5.41, 5.74) is 5.21. The van der Waals surface area contributed by atoms with E-state index in [0.29, 0.717) is 17.0 Å². The predicted octanol–water partition coefficient (Wildman–Crippen LogP) is 2.30. The van der Waals surface area contributed by atoms with Crippen molar-refractivity contribution in [1.82, 2.24) is 15.3 Å². The van der Waals surface area contributed by atoms with Crippen molar-refractivity contribution in [2.24, 2.45) is 5.73 Å². The van der Waals surface area contributed by atoms with Crippen molar-refractivity contribution in [3.8, 4) is 17.2 Å². The Morgan fingerprint density at radius 1 is 1.24 bits per heavy atom. The number of halogens is 2. The number of nitrogens with two attached hydrogens (primary N) is 1. The van der Waals surface area contributed by atoms with Crippen LogP contribution in [0.2, 0.25) is 0 Å². The number of primary amides is 1. The van der Waals surface area contributed by atoms with E-state index in [-0.39, 0.29) is 24.1 Å². The van der Waals surface area contributed by atoms with Crippen LogP contribution in [-0.2, 0) is 6.61 Å². The molecular formula is C15H12F2N4O4. The Labute approximate surface area is 139 Å². The van der Waals surface area contributed by atoms with Crippen LogP contribution in [0, 0.1) is 25.5 Å². The highest BCUT2D eigenvalue weighted by Crippen LogP contribution is 2.26. The Bertz CT molecular complexity index is 932. The molecule has 0 fully saturated rings. The number of hydrogen-bond donors (Lipinski definition) is 1. The summed E-state index contributed by atoms with van der Waals surface area (Å²) in [6, 6.07) is 1.91. The van der Waals surface area contributed by atoms with Crippen molar-refractivity contribution in [2.45, 2.75) is 20.5 Å². The first kappa shape index (κ1) is 16.6. The van der Waals surface area contributed by atoms with Gasteiger partial charge < -0.3 is 19.5 Å². The molecule has 130 valence electrons. The molecule has 0 unspecified atom stereocenters. The molecule has 0 aliphatic heterocycles. The SMILES string of the molecule is Cc1noc(C)c1-c1nc(COc2ccc(F)c(C(N)=O)c2F)no1. The number of aromatic nitrogens is 3. The Kier molecular flexibility index (Phi) is 4.17. The highest BCUT2D eigenvalue weighted by Gasteiger charge is 2.21. The maximum atomic E-state index is 14.1. The molecule has 1 aromatic carbocycles. The maximum Gasteiger partial charge on any atom is 0.263 e. The zero-order valence-electron chi connectivity index (χ0n) is 13.2. The predicted molar refractivity (Wildman–Crippen MR) is 78.5 cm³/mol. The monoisotopic (exact) mass is 350 g/mol. The second-order valence-corrected chi connectivity index (χ2v) is 5.10. The molecule has 0 atom stereocenters. The minimum absolute atomic E-state index is 0.111. The topological polar surface area (TPSA) is 117 Å². The summed E-state index contributed by atoms with van der Waals surface area (Å²) < 4.78 is 42.8. The van der Waals surface area contributed by atoms with Crippen LogP contribution >= 0.6 is 0 Å². The first-order chi connectivity index (χ1) is 11.9. The van der Waals surface area contributed by atoms with Gasteiger partial charge in [0.25, 0.3) is 11.8 Å². The Morgan fingerprint density at radius 3 is 2.64 bits per heavy atom. The Hall–Kier alpha value is -3.30. The second kappa shape index (κ2) is 6.30. The average Bonchev–Trinajstić information content (AvgIpc) is 3.13. The maximum absolute atomic E-state index is 14.1. The molecule has 0 radical (unpaired) electrons. The third-order valence-corrected chi connectivity index (χ3v) is 3.37. The molecule has 10 heteroatoms. The third kappa shape index (κ3) is 3.05. The molecule has 3 aromatic rings. The van der Waals surface area contributed by atoms with Crippen LogP contribution in [0.15, 0.2) is 21.2 Å². The molecule has 3 rings (SSSR count). The number of carbonyl (C=O) groups excluding carboxylic acids is 1. The van der Waals surface area contributed by atoms with Crippen molar-refractivity contribution >= 4 is 5.91 Å². The highest BCUT2D eigenvalue weighted by atomic mass is 19.1. The van der Waals surface area contributed by atoms with Crippen molar-refractivity contribution in [2.75, 3.05) is 0 Å². The summed E-state index contributed by atoms with van der Waals surface area (Å²) in [5, 5.41) is 7.48. The van der Waals surface area contributed by atoms with Gasteiger partial charge in [0.1, 0.15) is 22.7 Å². The highest BCUT2D eigenvalue weighted by molar-refractivity contribution is 5.93. The first-order valence-electron chi connectivity index (χ1n) is 7.05.